The van der Waals surface area contributed by atoms with Crippen molar-refractivity contribution in [1.82, 2.24) is 10.2 Å². The fourth-order valence-corrected chi connectivity index (χ4v) is 2.00. The second kappa shape index (κ2) is 11.2. The van der Waals surface area contributed by atoms with Crippen LogP contribution >= 0.6 is 35.6 Å². The Morgan fingerprint density at radius 1 is 1.45 bits per heavy atom. The molecule has 0 amide bonds. The van der Waals surface area contributed by atoms with Crippen molar-refractivity contribution in [2.24, 2.45) is 4.99 Å². The molecule has 20 heavy (non-hydrogen) atoms. The van der Waals surface area contributed by atoms with Gasteiger partial charge in [-0.25, -0.2) is 0 Å². The molecule has 0 spiro atoms. The largest absolute Gasteiger partial charge is 0.385 e. The Morgan fingerprint density at radius 3 is 2.80 bits per heavy atom. The summed E-state index contributed by atoms with van der Waals surface area (Å²) < 4.78 is 5.02. The van der Waals surface area contributed by atoms with E-state index in [0.717, 1.165) is 42.7 Å². The van der Waals surface area contributed by atoms with Crippen molar-refractivity contribution in [3.63, 3.8) is 0 Å². The predicted octanol–water partition coefficient (Wildman–Crippen LogP) is 3.00. The molecule has 0 heterocycles. The minimum absolute atomic E-state index is 0. The summed E-state index contributed by atoms with van der Waals surface area (Å²) in [7, 11) is 5.50. The van der Waals surface area contributed by atoms with Crippen LogP contribution in [0.15, 0.2) is 29.3 Å². The average molecular weight is 412 g/mol. The van der Waals surface area contributed by atoms with E-state index in [4.69, 9.17) is 16.3 Å². The Kier molecular flexibility index (Phi) is 10.9. The van der Waals surface area contributed by atoms with Gasteiger partial charge in [-0.15, -0.1) is 24.0 Å². The van der Waals surface area contributed by atoms with E-state index in [1.165, 1.54) is 0 Å². The molecule has 0 radical (unpaired) electrons. The van der Waals surface area contributed by atoms with E-state index >= 15 is 0 Å². The van der Waals surface area contributed by atoms with Crippen LogP contribution in [0.3, 0.4) is 0 Å². The molecular formula is C14H23ClIN3O. The number of aliphatic imine (C=N–C) groups is 1. The summed E-state index contributed by atoms with van der Waals surface area (Å²) in [6.07, 6.45) is 0.959. The van der Waals surface area contributed by atoms with Crippen molar-refractivity contribution in [3.8, 4) is 0 Å². The molecular weight excluding hydrogens is 389 g/mol. The van der Waals surface area contributed by atoms with E-state index in [1.54, 1.807) is 14.2 Å². The number of nitrogens with zero attached hydrogens (tertiary/aromatic N) is 2. The number of hydrogen-bond donors (Lipinski definition) is 1. The molecule has 0 saturated carbocycles. The molecule has 1 rings (SSSR count). The van der Waals surface area contributed by atoms with Crippen molar-refractivity contribution in [2.45, 2.75) is 13.0 Å². The van der Waals surface area contributed by atoms with Crippen LogP contribution in [0.2, 0.25) is 5.02 Å². The first-order chi connectivity index (χ1) is 9.17. The average Bonchev–Trinajstić information content (AvgIpc) is 2.38. The summed E-state index contributed by atoms with van der Waals surface area (Å²) in [6, 6.07) is 7.86. The Hall–Kier alpha value is -0.530. The van der Waals surface area contributed by atoms with Gasteiger partial charge in [0.15, 0.2) is 5.96 Å². The van der Waals surface area contributed by atoms with Crippen LogP contribution in [-0.4, -0.2) is 45.2 Å². The van der Waals surface area contributed by atoms with Crippen LogP contribution in [0, 0.1) is 0 Å². The minimum atomic E-state index is 0. The molecule has 0 fully saturated rings. The summed E-state index contributed by atoms with van der Waals surface area (Å²) >= 11 is 5.98. The molecule has 0 aliphatic carbocycles. The summed E-state index contributed by atoms with van der Waals surface area (Å²) in [5.41, 5.74) is 1.16. The molecule has 0 aliphatic heterocycles. The number of halogens is 2. The minimum Gasteiger partial charge on any atom is -0.385 e. The third kappa shape index (κ3) is 7.31. The van der Waals surface area contributed by atoms with Crippen molar-refractivity contribution < 1.29 is 4.74 Å². The van der Waals surface area contributed by atoms with Gasteiger partial charge in [-0.05, 0) is 24.1 Å². The number of rotatable bonds is 6. The van der Waals surface area contributed by atoms with Crippen LogP contribution in [0.5, 0.6) is 0 Å². The monoisotopic (exact) mass is 411 g/mol. The number of ether oxygens (including phenoxy) is 1. The van der Waals surface area contributed by atoms with Crippen molar-refractivity contribution in [1.29, 1.82) is 0 Å². The standard InChI is InChI=1S/C14H22ClN3O.HI/c1-16-14(17-8-5-9-19-3)18(2)11-12-6-4-7-13(15)10-12;/h4,6-7,10H,5,8-9,11H2,1-3H3,(H,16,17);1H. The van der Waals surface area contributed by atoms with Gasteiger partial charge in [0.1, 0.15) is 0 Å². The van der Waals surface area contributed by atoms with Gasteiger partial charge < -0.3 is 15.0 Å². The maximum absolute atomic E-state index is 5.98. The SMILES string of the molecule is CN=C(NCCCOC)N(C)Cc1cccc(Cl)c1.I. The molecule has 114 valence electrons. The zero-order chi connectivity index (χ0) is 14.1. The van der Waals surface area contributed by atoms with Crippen LogP contribution in [0.1, 0.15) is 12.0 Å². The van der Waals surface area contributed by atoms with Crippen LogP contribution in [0.4, 0.5) is 0 Å². The fourth-order valence-electron chi connectivity index (χ4n) is 1.79. The normalized spacial score (nSPS) is 10.9. The molecule has 0 aliphatic rings. The first-order valence-corrected chi connectivity index (χ1v) is 6.70. The molecule has 0 bridgehead atoms. The Morgan fingerprint density at radius 2 is 2.20 bits per heavy atom. The predicted molar refractivity (Wildman–Crippen MR) is 96.2 cm³/mol. The van der Waals surface area contributed by atoms with Gasteiger partial charge in [0.2, 0.25) is 0 Å². The molecule has 0 unspecified atom stereocenters. The summed E-state index contributed by atoms with van der Waals surface area (Å²) in [4.78, 5) is 6.33. The summed E-state index contributed by atoms with van der Waals surface area (Å²) in [6.45, 7) is 2.37. The molecule has 1 aromatic rings. The lowest BCUT2D eigenvalue weighted by molar-refractivity contribution is 0.195. The number of benzene rings is 1. The highest BCUT2D eigenvalue weighted by atomic mass is 127. The van der Waals surface area contributed by atoms with E-state index in [2.05, 4.69) is 21.3 Å². The second-order valence-corrected chi connectivity index (χ2v) is 4.74. The molecule has 1 N–H and O–H groups in total. The van der Waals surface area contributed by atoms with E-state index in [9.17, 15) is 0 Å². The highest BCUT2D eigenvalue weighted by Gasteiger charge is 2.06. The highest BCUT2D eigenvalue weighted by molar-refractivity contribution is 14.0. The van der Waals surface area contributed by atoms with Crippen LogP contribution < -0.4 is 5.32 Å². The van der Waals surface area contributed by atoms with E-state index in [0.29, 0.717) is 0 Å². The van der Waals surface area contributed by atoms with E-state index in [-0.39, 0.29) is 24.0 Å². The quantitative estimate of drug-likeness (QED) is 0.338. The Balaban J connectivity index is 0.00000361. The molecule has 1 aromatic carbocycles. The first kappa shape index (κ1) is 19.5. The number of guanidine groups is 1. The Bertz CT molecular complexity index is 415. The van der Waals surface area contributed by atoms with Crippen molar-refractivity contribution in [3.05, 3.63) is 34.9 Å². The molecule has 6 heteroatoms. The van der Waals surface area contributed by atoms with Crippen molar-refractivity contribution in [2.75, 3.05) is 34.4 Å². The second-order valence-electron chi connectivity index (χ2n) is 4.31. The zero-order valence-electron chi connectivity index (χ0n) is 12.2. The van der Waals surface area contributed by atoms with Crippen molar-refractivity contribution >= 4 is 41.5 Å². The fraction of sp³-hybridized carbons (Fsp3) is 0.500. The van der Waals surface area contributed by atoms with Gasteiger partial charge in [-0.1, -0.05) is 23.7 Å². The zero-order valence-corrected chi connectivity index (χ0v) is 15.3. The number of methoxy groups -OCH3 is 1. The lowest BCUT2D eigenvalue weighted by Crippen LogP contribution is -2.39. The summed E-state index contributed by atoms with van der Waals surface area (Å²) in [5, 5.41) is 4.06. The van der Waals surface area contributed by atoms with Gasteiger partial charge in [0, 0.05) is 45.9 Å². The molecule has 4 nitrogen and oxygen atoms in total. The molecule has 0 saturated heterocycles. The maximum Gasteiger partial charge on any atom is 0.193 e. The van der Waals surface area contributed by atoms with E-state index in [1.807, 2.05) is 25.2 Å². The smallest absolute Gasteiger partial charge is 0.193 e. The lowest BCUT2D eigenvalue weighted by atomic mass is 10.2. The highest BCUT2D eigenvalue weighted by Crippen LogP contribution is 2.12. The topological polar surface area (TPSA) is 36.9 Å². The number of hydrogen-bond acceptors (Lipinski definition) is 2. The Labute approximate surface area is 143 Å². The van der Waals surface area contributed by atoms with Crippen LogP contribution in [0.25, 0.3) is 0 Å². The first-order valence-electron chi connectivity index (χ1n) is 6.32. The molecule has 0 atom stereocenters. The van der Waals surface area contributed by atoms with E-state index < -0.39 is 0 Å². The number of nitrogens with one attached hydrogen (secondary N) is 1. The molecule has 0 aromatic heterocycles. The van der Waals surface area contributed by atoms with Gasteiger partial charge >= 0.3 is 0 Å². The van der Waals surface area contributed by atoms with Gasteiger partial charge in [-0.2, -0.15) is 0 Å². The van der Waals surface area contributed by atoms with Crippen LogP contribution in [-0.2, 0) is 11.3 Å². The van der Waals surface area contributed by atoms with Gasteiger partial charge in [-0.3, -0.25) is 4.99 Å². The lowest BCUT2D eigenvalue weighted by Gasteiger charge is -2.22. The van der Waals surface area contributed by atoms with Gasteiger partial charge in [0.25, 0.3) is 0 Å². The third-order valence-corrected chi connectivity index (χ3v) is 2.93. The third-order valence-electron chi connectivity index (χ3n) is 2.69. The van der Waals surface area contributed by atoms with Gasteiger partial charge in [0.05, 0.1) is 0 Å². The maximum atomic E-state index is 5.98. The summed E-state index contributed by atoms with van der Waals surface area (Å²) in [5.74, 6) is 0.871.